The lowest BCUT2D eigenvalue weighted by molar-refractivity contribution is -0.142. The van der Waals surface area contributed by atoms with E-state index in [2.05, 4.69) is 14.7 Å². The van der Waals surface area contributed by atoms with Gasteiger partial charge >= 0.3 is 5.97 Å². The van der Waals surface area contributed by atoms with Crippen molar-refractivity contribution in [3.8, 4) is 0 Å². The first-order valence-corrected chi connectivity index (χ1v) is 9.13. The van der Waals surface area contributed by atoms with Crippen LogP contribution in [0.1, 0.15) is 18.2 Å². The Morgan fingerprint density at radius 1 is 1.35 bits per heavy atom. The van der Waals surface area contributed by atoms with E-state index >= 15 is 0 Å². The van der Waals surface area contributed by atoms with E-state index in [-0.39, 0.29) is 23.1 Å². The molecule has 0 atom stereocenters. The summed E-state index contributed by atoms with van der Waals surface area (Å²) in [6.07, 6.45) is 0.0768. The summed E-state index contributed by atoms with van der Waals surface area (Å²) in [5.41, 5.74) is 1.07. The van der Waals surface area contributed by atoms with Gasteiger partial charge in [-0.15, -0.1) is 15.7 Å². The van der Waals surface area contributed by atoms with Crippen LogP contribution in [0.25, 0.3) is 0 Å². The average molecular weight is 351 g/mol. The van der Waals surface area contributed by atoms with Crippen LogP contribution in [-0.4, -0.2) is 31.8 Å². The molecule has 0 saturated carbocycles. The van der Waals surface area contributed by atoms with Crippen molar-refractivity contribution in [1.82, 2.24) is 4.98 Å². The molecular weight excluding hydrogens is 338 g/mol. The molecule has 0 spiro atoms. The number of amidine groups is 1. The van der Waals surface area contributed by atoms with Crippen molar-refractivity contribution < 1.29 is 17.9 Å². The summed E-state index contributed by atoms with van der Waals surface area (Å²) in [7, 11) is -3.67. The first-order valence-electron chi connectivity index (χ1n) is 6.81. The molecule has 23 heavy (non-hydrogen) atoms. The largest absolute Gasteiger partial charge is 0.466 e. The van der Waals surface area contributed by atoms with Crippen molar-refractivity contribution in [1.29, 1.82) is 0 Å². The molecule has 0 amide bonds. The first kappa shape index (κ1) is 15.6. The zero-order valence-corrected chi connectivity index (χ0v) is 13.8. The molecule has 0 fully saturated rings. The fourth-order valence-electron chi connectivity index (χ4n) is 2.10. The Bertz CT molecular complexity index is 887. The molecule has 0 bridgehead atoms. The molecule has 0 unspecified atom stereocenters. The van der Waals surface area contributed by atoms with Crippen LogP contribution in [0.5, 0.6) is 0 Å². The number of nitrogens with one attached hydrogen (secondary N) is 1. The van der Waals surface area contributed by atoms with Gasteiger partial charge in [-0.1, -0.05) is 12.1 Å². The third-order valence-corrected chi connectivity index (χ3v) is 5.18. The van der Waals surface area contributed by atoms with E-state index in [0.29, 0.717) is 23.0 Å². The van der Waals surface area contributed by atoms with Gasteiger partial charge < -0.3 is 10.1 Å². The second-order valence-electron chi connectivity index (χ2n) is 4.66. The zero-order chi connectivity index (χ0) is 16.4. The van der Waals surface area contributed by atoms with Gasteiger partial charge in [0.15, 0.2) is 11.0 Å². The smallest absolute Gasteiger partial charge is 0.311 e. The third-order valence-electron chi connectivity index (χ3n) is 3.04. The summed E-state index contributed by atoms with van der Waals surface area (Å²) in [5, 5.41) is 5.09. The second kappa shape index (κ2) is 6.09. The number of hydrogen-bond acceptors (Lipinski definition) is 7. The van der Waals surface area contributed by atoms with Crippen molar-refractivity contribution in [3.63, 3.8) is 0 Å². The Morgan fingerprint density at radius 2 is 2.13 bits per heavy atom. The van der Waals surface area contributed by atoms with Gasteiger partial charge in [0.25, 0.3) is 10.0 Å². The van der Waals surface area contributed by atoms with Gasteiger partial charge in [0.05, 0.1) is 18.7 Å². The summed E-state index contributed by atoms with van der Waals surface area (Å²) < 4.78 is 32.5. The van der Waals surface area contributed by atoms with Crippen molar-refractivity contribution >= 4 is 38.3 Å². The normalized spacial score (nSPS) is 14.9. The second-order valence-corrected chi connectivity index (χ2v) is 7.09. The summed E-state index contributed by atoms with van der Waals surface area (Å²) >= 11 is 1.27. The summed E-state index contributed by atoms with van der Waals surface area (Å²) in [6, 6.07) is 6.58. The Morgan fingerprint density at radius 3 is 2.91 bits per heavy atom. The number of aromatic nitrogens is 1. The Labute approximate surface area is 137 Å². The topological polar surface area (TPSA) is 97.7 Å². The summed E-state index contributed by atoms with van der Waals surface area (Å²) in [6.45, 7) is 2.06. The van der Waals surface area contributed by atoms with Crippen LogP contribution in [0.4, 0.5) is 5.13 Å². The van der Waals surface area contributed by atoms with Crippen LogP contribution >= 0.6 is 11.3 Å². The summed E-state index contributed by atoms with van der Waals surface area (Å²) in [5.74, 6) is -0.117. The zero-order valence-electron chi connectivity index (χ0n) is 12.1. The third kappa shape index (κ3) is 3.25. The van der Waals surface area contributed by atoms with Gasteiger partial charge in [-0.25, -0.2) is 4.98 Å². The number of carbonyl (C=O) groups excluding carboxylic acids is 1. The van der Waals surface area contributed by atoms with Crippen LogP contribution < -0.4 is 5.32 Å². The number of thiazole rings is 1. The Kier molecular flexibility index (Phi) is 4.14. The number of carbonyl (C=O) groups is 1. The van der Waals surface area contributed by atoms with Crippen molar-refractivity contribution in [3.05, 3.63) is 40.9 Å². The van der Waals surface area contributed by atoms with E-state index in [4.69, 9.17) is 4.74 Å². The van der Waals surface area contributed by atoms with Crippen molar-refractivity contribution in [2.75, 3.05) is 11.9 Å². The molecule has 0 aliphatic carbocycles. The van der Waals surface area contributed by atoms with Crippen LogP contribution in [0.15, 0.2) is 38.9 Å². The number of rotatable bonds is 4. The van der Waals surface area contributed by atoms with E-state index in [9.17, 15) is 13.2 Å². The van der Waals surface area contributed by atoms with Crippen LogP contribution in [0.3, 0.4) is 0 Å². The Balaban J connectivity index is 1.79. The minimum absolute atomic E-state index is 0.0768. The number of sulfonamides is 1. The number of hydrogen-bond donors (Lipinski definition) is 1. The highest BCUT2D eigenvalue weighted by molar-refractivity contribution is 7.90. The number of nitrogens with zero attached hydrogens (tertiary/aromatic N) is 2. The maximum absolute atomic E-state index is 12.0. The lowest BCUT2D eigenvalue weighted by Gasteiger charge is -2.02. The SMILES string of the molecule is CCOC(=O)Cc1csc(NC2=NS(=O)(=O)c3ccccc32)n1. The van der Waals surface area contributed by atoms with E-state index in [1.807, 2.05) is 0 Å². The number of ether oxygens (including phenoxy) is 1. The molecule has 1 aromatic carbocycles. The van der Waals surface area contributed by atoms with E-state index < -0.39 is 10.0 Å². The van der Waals surface area contributed by atoms with Gasteiger partial charge in [-0.2, -0.15) is 8.42 Å². The van der Waals surface area contributed by atoms with Gasteiger partial charge in [-0.3, -0.25) is 4.79 Å². The lowest BCUT2D eigenvalue weighted by atomic mass is 10.2. The van der Waals surface area contributed by atoms with Crippen molar-refractivity contribution in [2.24, 2.45) is 4.40 Å². The molecule has 0 radical (unpaired) electrons. The molecule has 2 aromatic rings. The van der Waals surface area contributed by atoms with Crippen molar-refractivity contribution in [2.45, 2.75) is 18.2 Å². The van der Waals surface area contributed by atoms with Gasteiger partial charge in [-0.05, 0) is 19.1 Å². The lowest BCUT2D eigenvalue weighted by Crippen LogP contribution is -2.11. The molecule has 120 valence electrons. The predicted octanol–water partition coefficient (Wildman–Crippen LogP) is 1.81. The molecule has 0 saturated heterocycles. The van der Waals surface area contributed by atoms with Crippen LogP contribution in [-0.2, 0) is 26.0 Å². The minimum Gasteiger partial charge on any atom is -0.466 e. The highest BCUT2D eigenvalue weighted by Gasteiger charge is 2.28. The maximum atomic E-state index is 12.0. The number of benzene rings is 1. The monoisotopic (exact) mass is 351 g/mol. The average Bonchev–Trinajstić information content (AvgIpc) is 3.03. The molecular formula is C14H13N3O4S2. The van der Waals surface area contributed by atoms with E-state index in [1.165, 1.54) is 17.4 Å². The van der Waals surface area contributed by atoms with E-state index in [0.717, 1.165) is 0 Å². The number of esters is 1. The van der Waals surface area contributed by atoms with Gasteiger partial charge in [0.1, 0.15) is 4.90 Å². The maximum Gasteiger partial charge on any atom is 0.311 e. The van der Waals surface area contributed by atoms with E-state index in [1.54, 1.807) is 30.5 Å². The standard InChI is InChI=1S/C14H13N3O4S2/c1-2-21-12(18)7-9-8-22-14(15-9)16-13-10-5-3-4-6-11(10)23(19,20)17-13/h3-6,8H,2,7H2,1H3,(H,15,16,17). The molecule has 1 aliphatic heterocycles. The minimum atomic E-state index is -3.67. The number of anilines is 1. The number of fused-ring (bicyclic) bond motifs is 1. The molecule has 9 heteroatoms. The highest BCUT2D eigenvalue weighted by Crippen LogP contribution is 2.27. The quantitative estimate of drug-likeness (QED) is 0.844. The predicted molar refractivity (Wildman–Crippen MR) is 86.2 cm³/mol. The molecule has 1 aromatic heterocycles. The Hall–Kier alpha value is -2.26. The fourth-order valence-corrected chi connectivity index (χ4v) is 3.99. The van der Waals surface area contributed by atoms with Crippen LogP contribution in [0.2, 0.25) is 0 Å². The molecule has 3 rings (SSSR count). The first-order chi connectivity index (χ1) is 11.0. The van der Waals surface area contributed by atoms with Gasteiger partial charge in [0.2, 0.25) is 0 Å². The highest BCUT2D eigenvalue weighted by atomic mass is 32.2. The summed E-state index contributed by atoms with van der Waals surface area (Å²) in [4.78, 5) is 15.9. The molecule has 2 heterocycles. The molecule has 1 aliphatic rings. The molecule has 1 N–H and O–H groups in total. The molecule has 7 nitrogen and oxygen atoms in total. The fraction of sp³-hybridized carbons (Fsp3) is 0.214. The van der Waals surface area contributed by atoms with Crippen LogP contribution in [0, 0.1) is 0 Å². The van der Waals surface area contributed by atoms with Gasteiger partial charge in [0, 0.05) is 10.9 Å².